The zero-order chi connectivity index (χ0) is 15.1. The van der Waals surface area contributed by atoms with Gasteiger partial charge in [0.05, 0.1) is 15.9 Å². The molecule has 2 nitrogen and oxygen atoms in total. The van der Waals surface area contributed by atoms with E-state index in [2.05, 4.69) is 31.0 Å². The molecule has 0 atom stereocenters. The van der Waals surface area contributed by atoms with Crippen LogP contribution in [0.3, 0.4) is 0 Å². The molecule has 4 heteroatoms. The quantitative estimate of drug-likeness (QED) is 0.552. The number of hydrogen-bond donors (Lipinski definition) is 0. The van der Waals surface area contributed by atoms with Crippen LogP contribution in [0.4, 0.5) is 0 Å². The summed E-state index contributed by atoms with van der Waals surface area (Å²) < 4.78 is 0. The van der Waals surface area contributed by atoms with E-state index in [0.29, 0.717) is 21.4 Å². The van der Waals surface area contributed by atoms with E-state index in [4.69, 9.17) is 28.2 Å². The molecule has 1 heterocycles. The molecule has 0 fully saturated rings. The van der Waals surface area contributed by atoms with E-state index < -0.39 is 0 Å². The van der Waals surface area contributed by atoms with Crippen LogP contribution in [-0.2, 0) is 0 Å². The van der Waals surface area contributed by atoms with Crippen molar-refractivity contribution in [3.63, 3.8) is 0 Å². The lowest BCUT2D eigenvalue weighted by molar-refractivity contribution is 1.19. The van der Waals surface area contributed by atoms with Gasteiger partial charge < -0.3 is 0 Å². The van der Waals surface area contributed by atoms with Gasteiger partial charge in [-0.25, -0.2) is 9.97 Å². The van der Waals surface area contributed by atoms with Gasteiger partial charge in [0, 0.05) is 5.56 Å². The van der Waals surface area contributed by atoms with Gasteiger partial charge in [0.2, 0.25) is 0 Å². The lowest BCUT2D eigenvalue weighted by atomic mass is 10.0. The summed E-state index contributed by atoms with van der Waals surface area (Å²) in [7, 11) is 0. The summed E-state index contributed by atoms with van der Waals surface area (Å²) in [6.45, 7) is 6.10. The molecule has 0 aliphatic rings. The van der Waals surface area contributed by atoms with E-state index in [1.165, 1.54) is 0 Å². The van der Waals surface area contributed by atoms with Crippen LogP contribution in [0.1, 0.15) is 16.7 Å². The summed E-state index contributed by atoms with van der Waals surface area (Å²) in [5, 5.41) is 1.69. The van der Waals surface area contributed by atoms with Gasteiger partial charge in [0.15, 0.2) is 5.82 Å². The fourth-order valence-electron chi connectivity index (χ4n) is 2.57. The second kappa shape index (κ2) is 5.28. The van der Waals surface area contributed by atoms with Crippen molar-refractivity contribution in [2.24, 2.45) is 0 Å². The highest BCUT2D eigenvalue weighted by atomic mass is 35.5. The second-order valence-corrected chi connectivity index (χ2v) is 5.96. The maximum Gasteiger partial charge on any atom is 0.162 e. The molecular formula is C17H14Cl2N2. The summed E-state index contributed by atoms with van der Waals surface area (Å²) in [6, 6.07) is 9.90. The van der Waals surface area contributed by atoms with Crippen LogP contribution in [-0.4, -0.2) is 9.97 Å². The summed E-state index contributed by atoms with van der Waals surface area (Å²) in [4.78, 5) is 9.17. The highest BCUT2D eigenvalue weighted by molar-refractivity contribution is 6.41. The number of hydrogen-bond acceptors (Lipinski definition) is 2. The average Bonchev–Trinajstić information content (AvgIpc) is 2.42. The van der Waals surface area contributed by atoms with Crippen molar-refractivity contribution in [3.05, 3.63) is 57.2 Å². The number of rotatable bonds is 1. The molecule has 3 aromatic rings. The molecule has 106 valence electrons. The first kappa shape index (κ1) is 14.3. The summed E-state index contributed by atoms with van der Waals surface area (Å²) >= 11 is 12.6. The lowest BCUT2D eigenvalue weighted by Crippen LogP contribution is -1.97. The number of fused-ring (bicyclic) bond motifs is 1. The Bertz CT molecular complexity index is 837. The predicted molar refractivity (Wildman–Crippen MR) is 89.2 cm³/mol. The molecular weight excluding hydrogens is 303 g/mol. The van der Waals surface area contributed by atoms with E-state index >= 15 is 0 Å². The van der Waals surface area contributed by atoms with E-state index in [-0.39, 0.29) is 0 Å². The first-order chi connectivity index (χ1) is 9.99. The number of benzene rings is 2. The number of nitrogens with zero attached hydrogens (tertiary/aromatic N) is 2. The van der Waals surface area contributed by atoms with E-state index in [1.807, 2.05) is 25.1 Å². The number of aromatic nitrogens is 2. The van der Waals surface area contributed by atoms with E-state index in [9.17, 15) is 0 Å². The Hall–Kier alpha value is -1.64. The van der Waals surface area contributed by atoms with E-state index in [1.54, 1.807) is 0 Å². The molecule has 1 aromatic heterocycles. The molecule has 0 unspecified atom stereocenters. The fraction of sp³-hybridized carbons (Fsp3) is 0.176. The van der Waals surface area contributed by atoms with Crippen LogP contribution in [0.25, 0.3) is 22.3 Å². The zero-order valence-corrected chi connectivity index (χ0v) is 13.5. The van der Waals surface area contributed by atoms with Gasteiger partial charge in [0.1, 0.15) is 5.15 Å². The largest absolute Gasteiger partial charge is 0.228 e. The molecule has 2 aromatic carbocycles. The highest BCUT2D eigenvalue weighted by Crippen LogP contribution is 2.33. The van der Waals surface area contributed by atoms with Crippen LogP contribution >= 0.6 is 23.2 Å². The minimum Gasteiger partial charge on any atom is -0.228 e. The SMILES string of the molecule is Cc1cccc(C)c1-c1nc(Cl)c2c(Cl)ccc(C)c2n1. The first-order valence-electron chi connectivity index (χ1n) is 6.68. The third-order valence-electron chi connectivity index (χ3n) is 3.66. The van der Waals surface area contributed by atoms with Crippen molar-refractivity contribution < 1.29 is 0 Å². The van der Waals surface area contributed by atoms with Crippen LogP contribution in [0.15, 0.2) is 30.3 Å². The smallest absolute Gasteiger partial charge is 0.162 e. The van der Waals surface area contributed by atoms with Crippen molar-refractivity contribution in [2.75, 3.05) is 0 Å². The molecule has 21 heavy (non-hydrogen) atoms. The Morgan fingerprint density at radius 1 is 0.810 bits per heavy atom. The molecule has 0 aliphatic carbocycles. The molecule has 0 N–H and O–H groups in total. The van der Waals surface area contributed by atoms with Crippen molar-refractivity contribution >= 4 is 34.1 Å². The van der Waals surface area contributed by atoms with Gasteiger partial charge in [-0.2, -0.15) is 0 Å². The number of halogens is 2. The summed E-state index contributed by atoms with van der Waals surface area (Å²) in [5.74, 6) is 0.647. The zero-order valence-electron chi connectivity index (χ0n) is 12.0. The van der Waals surface area contributed by atoms with Gasteiger partial charge in [-0.3, -0.25) is 0 Å². The Morgan fingerprint density at radius 2 is 1.48 bits per heavy atom. The van der Waals surface area contributed by atoms with Gasteiger partial charge >= 0.3 is 0 Å². The minimum absolute atomic E-state index is 0.395. The highest BCUT2D eigenvalue weighted by Gasteiger charge is 2.15. The Labute approximate surface area is 133 Å². The molecule has 0 aliphatic heterocycles. The Morgan fingerprint density at radius 3 is 2.14 bits per heavy atom. The molecule has 0 saturated carbocycles. The molecule has 0 spiro atoms. The second-order valence-electron chi connectivity index (χ2n) is 5.19. The summed E-state index contributed by atoms with van der Waals surface area (Å²) in [5.41, 5.74) is 5.13. The topological polar surface area (TPSA) is 25.8 Å². The van der Waals surface area contributed by atoms with Gasteiger partial charge in [0.25, 0.3) is 0 Å². The van der Waals surface area contributed by atoms with Crippen molar-refractivity contribution in [1.29, 1.82) is 0 Å². The maximum atomic E-state index is 6.36. The van der Waals surface area contributed by atoms with Gasteiger partial charge in [-0.05, 0) is 43.5 Å². The third-order valence-corrected chi connectivity index (χ3v) is 4.25. The van der Waals surface area contributed by atoms with Crippen molar-refractivity contribution in [2.45, 2.75) is 20.8 Å². The van der Waals surface area contributed by atoms with Crippen LogP contribution < -0.4 is 0 Å². The summed E-state index contributed by atoms with van der Waals surface area (Å²) in [6.07, 6.45) is 0. The lowest BCUT2D eigenvalue weighted by Gasteiger charge is -2.11. The van der Waals surface area contributed by atoms with Crippen molar-refractivity contribution in [1.82, 2.24) is 9.97 Å². The molecule has 0 radical (unpaired) electrons. The maximum absolute atomic E-state index is 6.36. The minimum atomic E-state index is 0.395. The fourth-order valence-corrected chi connectivity index (χ4v) is 3.13. The Kier molecular flexibility index (Phi) is 3.60. The average molecular weight is 317 g/mol. The van der Waals surface area contributed by atoms with Crippen LogP contribution in [0.5, 0.6) is 0 Å². The molecule has 0 bridgehead atoms. The molecule has 3 rings (SSSR count). The third kappa shape index (κ3) is 2.39. The van der Waals surface area contributed by atoms with Crippen LogP contribution in [0, 0.1) is 20.8 Å². The number of aryl methyl sites for hydroxylation is 3. The van der Waals surface area contributed by atoms with E-state index in [0.717, 1.165) is 27.8 Å². The van der Waals surface area contributed by atoms with Crippen LogP contribution in [0.2, 0.25) is 10.2 Å². The normalized spacial score (nSPS) is 11.1. The van der Waals surface area contributed by atoms with Gasteiger partial charge in [-0.1, -0.05) is 47.5 Å². The molecule has 0 saturated heterocycles. The Balaban J connectivity index is 2.39. The standard InChI is InChI=1S/C17H14Cl2N2/c1-9-5-4-6-10(2)13(9)17-20-15-11(3)7-8-12(18)14(15)16(19)21-17/h4-8H,1-3H3. The van der Waals surface area contributed by atoms with Crippen molar-refractivity contribution in [3.8, 4) is 11.4 Å². The van der Waals surface area contributed by atoms with Gasteiger partial charge in [-0.15, -0.1) is 0 Å². The first-order valence-corrected chi connectivity index (χ1v) is 7.43. The molecule has 0 amide bonds. The predicted octanol–water partition coefficient (Wildman–Crippen LogP) is 5.53. The monoisotopic (exact) mass is 316 g/mol.